The van der Waals surface area contributed by atoms with Gasteiger partial charge in [0.05, 0.1) is 11.6 Å². The third-order valence-electron chi connectivity index (χ3n) is 2.78. The molecule has 3 N–H and O–H groups in total. The number of ketones is 1. The molecule has 19 heavy (non-hydrogen) atoms. The summed E-state index contributed by atoms with van der Waals surface area (Å²) in [6, 6.07) is -0.674. The van der Waals surface area contributed by atoms with Gasteiger partial charge in [-0.05, 0) is 34.1 Å². The molecule has 0 heterocycles. The van der Waals surface area contributed by atoms with Gasteiger partial charge in [0.15, 0.2) is 5.78 Å². The second-order valence-corrected chi connectivity index (χ2v) is 5.08. The molecule has 1 amide bonds. The highest BCUT2D eigenvalue weighted by molar-refractivity contribution is 5.93. The maximum Gasteiger partial charge on any atom is 0.238 e. The fourth-order valence-electron chi connectivity index (χ4n) is 1.61. The van der Waals surface area contributed by atoms with Crippen molar-refractivity contribution in [3.63, 3.8) is 0 Å². The summed E-state index contributed by atoms with van der Waals surface area (Å²) in [6.45, 7) is 8.82. The summed E-state index contributed by atoms with van der Waals surface area (Å²) in [7, 11) is 0. The number of hydrogen-bond donors (Lipinski definition) is 2. The number of nitrogens with two attached hydrogens (primary N) is 1. The topological polar surface area (TPSA) is 84.5 Å². The van der Waals surface area contributed by atoms with E-state index in [0.717, 1.165) is 5.57 Å². The van der Waals surface area contributed by atoms with Crippen molar-refractivity contribution >= 4 is 17.9 Å². The molecule has 0 aromatic carbocycles. The predicted molar refractivity (Wildman–Crippen MR) is 78.0 cm³/mol. The van der Waals surface area contributed by atoms with Gasteiger partial charge in [-0.1, -0.05) is 12.5 Å². The zero-order valence-corrected chi connectivity index (χ0v) is 12.5. The van der Waals surface area contributed by atoms with Crippen molar-refractivity contribution in [2.75, 3.05) is 0 Å². The lowest BCUT2D eigenvalue weighted by Crippen LogP contribution is -2.54. The van der Waals surface area contributed by atoms with Crippen molar-refractivity contribution in [2.45, 2.75) is 59.0 Å². The SMILES string of the molecule is CC=N/C=C(\C)C[C@H](N)C(=O)NC(C)(C)C(=O)CC. The van der Waals surface area contributed by atoms with Crippen LogP contribution < -0.4 is 11.1 Å². The fourth-order valence-corrected chi connectivity index (χ4v) is 1.61. The third kappa shape index (κ3) is 6.29. The minimum absolute atomic E-state index is 0.0177. The summed E-state index contributed by atoms with van der Waals surface area (Å²) in [6.07, 6.45) is 4.14. The second kappa shape index (κ2) is 7.84. The monoisotopic (exact) mass is 267 g/mol. The van der Waals surface area contributed by atoms with Crippen LogP contribution in [0.3, 0.4) is 0 Å². The third-order valence-corrected chi connectivity index (χ3v) is 2.78. The standard InChI is InChI=1S/C14H25N3O2/c1-6-12(18)14(4,5)17-13(19)11(15)8-10(3)9-16-7-2/h7,9,11H,6,8,15H2,1-5H3,(H,17,19)/b10-9+,16-7?/t11-/m0/s1. The van der Waals surface area contributed by atoms with Gasteiger partial charge in [-0.2, -0.15) is 0 Å². The molecule has 5 heteroatoms. The van der Waals surface area contributed by atoms with Crippen LogP contribution >= 0.6 is 0 Å². The Morgan fingerprint density at radius 3 is 2.47 bits per heavy atom. The van der Waals surface area contributed by atoms with Crippen molar-refractivity contribution in [2.24, 2.45) is 10.7 Å². The number of Topliss-reactive ketones (excluding diaryl/α,β-unsaturated/α-hetero) is 1. The lowest BCUT2D eigenvalue weighted by Gasteiger charge is -2.26. The molecule has 0 saturated heterocycles. The van der Waals surface area contributed by atoms with Crippen molar-refractivity contribution in [3.05, 3.63) is 11.8 Å². The van der Waals surface area contributed by atoms with Gasteiger partial charge < -0.3 is 11.1 Å². The van der Waals surface area contributed by atoms with E-state index in [0.29, 0.717) is 12.8 Å². The van der Waals surface area contributed by atoms with Gasteiger partial charge in [0.1, 0.15) is 0 Å². The van der Waals surface area contributed by atoms with Crippen LogP contribution in [0.4, 0.5) is 0 Å². The van der Waals surface area contributed by atoms with Crippen molar-refractivity contribution in [1.82, 2.24) is 5.32 Å². The highest BCUT2D eigenvalue weighted by atomic mass is 16.2. The Bertz CT molecular complexity index is 384. The number of carbonyl (C=O) groups excluding carboxylic acids is 2. The second-order valence-electron chi connectivity index (χ2n) is 5.08. The van der Waals surface area contributed by atoms with Crippen molar-refractivity contribution in [3.8, 4) is 0 Å². The molecule has 0 spiro atoms. The van der Waals surface area contributed by atoms with Crippen LogP contribution in [0.5, 0.6) is 0 Å². The van der Waals surface area contributed by atoms with E-state index in [4.69, 9.17) is 5.73 Å². The molecule has 0 aliphatic heterocycles. The van der Waals surface area contributed by atoms with Gasteiger partial charge in [0.25, 0.3) is 0 Å². The molecule has 1 atom stereocenters. The minimum Gasteiger partial charge on any atom is -0.343 e. The predicted octanol–water partition coefficient (Wildman–Crippen LogP) is 1.57. The molecule has 0 aromatic rings. The van der Waals surface area contributed by atoms with E-state index in [1.54, 1.807) is 33.2 Å². The van der Waals surface area contributed by atoms with Crippen LogP contribution in [0.15, 0.2) is 16.8 Å². The molecule has 0 aliphatic carbocycles. The highest BCUT2D eigenvalue weighted by Gasteiger charge is 2.29. The van der Waals surface area contributed by atoms with Gasteiger partial charge in [-0.25, -0.2) is 0 Å². The Balaban J connectivity index is 4.55. The molecule has 0 rings (SSSR count). The number of nitrogens with zero attached hydrogens (tertiary/aromatic N) is 1. The normalized spacial score (nSPS) is 14.5. The summed E-state index contributed by atoms with van der Waals surface area (Å²) in [5, 5.41) is 2.69. The Labute approximate surface area is 115 Å². The molecular formula is C14H25N3O2. The van der Waals surface area contributed by atoms with Gasteiger partial charge >= 0.3 is 0 Å². The Morgan fingerprint density at radius 2 is 2.00 bits per heavy atom. The maximum atomic E-state index is 11.9. The number of rotatable bonds is 7. The molecular weight excluding hydrogens is 242 g/mol. The van der Waals surface area contributed by atoms with Crippen LogP contribution in [-0.4, -0.2) is 29.5 Å². The lowest BCUT2D eigenvalue weighted by atomic mass is 9.96. The summed E-state index contributed by atoms with van der Waals surface area (Å²) >= 11 is 0. The summed E-state index contributed by atoms with van der Waals surface area (Å²) < 4.78 is 0. The first kappa shape index (κ1) is 17.5. The first-order valence-electron chi connectivity index (χ1n) is 6.49. The van der Waals surface area contributed by atoms with Crippen molar-refractivity contribution < 1.29 is 9.59 Å². The maximum absolute atomic E-state index is 11.9. The van der Waals surface area contributed by atoms with Crippen LogP contribution in [0.25, 0.3) is 0 Å². The average Bonchev–Trinajstić information content (AvgIpc) is 2.34. The minimum atomic E-state index is -0.872. The molecule has 5 nitrogen and oxygen atoms in total. The first-order chi connectivity index (χ1) is 8.74. The molecule has 0 aliphatic rings. The highest BCUT2D eigenvalue weighted by Crippen LogP contribution is 2.09. The van der Waals surface area contributed by atoms with E-state index in [2.05, 4.69) is 10.3 Å². The average molecular weight is 267 g/mol. The van der Waals surface area contributed by atoms with Crippen LogP contribution in [-0.2, 0) is 9.59 Å². The van der Waals surface area contributed by atoms with Crippen molar-refractivity contribution in [1.29, 1.82) is 0 Å². The van der Waals surface area contributed by atoms with E-state index < -0.39 is 11.6 Å². The zero-order valence-electron chi connectivity index (χ0n) is 12.5. The van der Waals surface area contributed by atoms with E-state index in [1.165, 1.54) is 0 Å². The van der Waals surface area contributed by atoms with Crippen LogP contribution in [0.1, 0.15) is 47.5 Å². The Hall–Kier alpha value is -1.49. The molecule has 0 bridgehead atoms. The molecule has 108 valence electrons. The van der Waals surface area contributed by atoms with E-state index in [-0.39, 0.29) is 11.7 Å². The zero-order chi connectivity index (χ0) is 15.1. The van der Waals surface area contributed by atoms with E-state index in [9.17, 15) is 9.59 Å². The molecule has 0 unspecified atom stereocenters. The number of aliphatic imine (C=N–C) groups is 1. The Kier molecular flexibility index (Phi) is 7.22. The largest absolute Gasteiger partial charge is 0.343 e. The Morgan fingerprint density at radius 1 is 1.42 bits per heavy atom. The fraction of sp³-hybridized carbons (Fsp3) is 0.643. The molecule has 0 aromatic heterocycles. The van der Waals surface area contributed by atoms with E-state index >= 15 is 0 Å². The summed E-state index contributed by atoms with van der Waals surface area (Å²) in [5.74, 6) is -0.337. The van der Waals surface area contributed by atoms with Crippen LogP contribution in [0, 0.1) is 0 Å². The molecule has 0 saturated carbocycles. The number of hydrogen-bond acceptors (Lipinski definition) is 4. The first-order valence-corrected chi connectivity index (χ1v) is 6.49. The number of nitrogens with one attached hydrogen (secondary N) is 1. The lowest BCUT2D eigenvalue weighted by molar-refractivity contribution is -0.131. The number of amides is 1. The molecule has 0 radical (unpaired) electrons. The van der Waals surface area contributed by atoms with Gasteiger partial charge in [0, 0.05) is 18.8 Å². The quantitative estimate of drug-likeness (QED) is 0.687. The molecule has 0 fully saturated rings. The summed E-state index contributed by atoms with van der Waals surface area (Å²) in [5.41, 5.74) is 5.87. The van der Waals surface area contributed by atoms with Gasteiger partial charge in [0.2, 0.25) is 5.91 Å². The van der Waals surface area contributed by atoms with E-state index in [1.807, 2.05) is 13.8 Å². The summed E-state index contributed by atoms with van der Waals surface area (Å²) in [4.78, 5) is 27.6. The van der Waals surface area contributed by atoms with Gasteiger partial charge in [-0.15, -0.1) is 0 Å². The number of carbonyl (C=O) groups is 2. The van der Waals surface area contributed by atoms with Gasteiger partial charge in [-0.3, -0.25) is 14.6 Å². The van der Waals surface area contributed by atoms with Crippen LogP contribution in [0.2, 0.25) is 0 Å². The smallest absolute Gasteiger partial charge is 0.238 e.